The molecule has 2 nitrogen and oxygen atoms in total. The summed E-state index contributed by atoms with van der Waals surface area (Å²) in [5.74, 6) is 0. The predicted molar refractivity (Wildman–Crippen MR) is 72.7 cm³/mol. The van der Waals surface area contributed by atoms with E-state index in [-0.39, 0.29) is 6.10 Å². The molecule has 1 heterocycles. The Kier molecular flexibility index (Phi) is 3.45. The number of fused-ring (bicyclic) bond motifs is 1. The number of nitrogens with zero attached hydrogens (tertiary/aromatic N) is 1. The zero-order chi connectivity index (χ0) is 12.6. The van der Waals surface area contributed by atoms with Gasteiger partial charge in [0.2, 0.25) is 0 Å². The van der Waals surface area contributed by atoms with E-state index in [1.807, 2.05) is 19.1 Å². The van der Waals surface area contributed by atoms with E-state index in [2.05, 4.69) is 30.7 Å². The Hall–Kier alpha value is -0.990. The Morgan fingerprint density at radius 1 is 1.29 bits per heavy atom. The van der Waals surface area contributed by atoms with Crippen molar-refractivity contribution in [3.05, 3.63) is 35.0 Å². The summed E-state index contributed by atoms with van der Waals surface area (Å²) in [5, 5.41) is 11.5. The average Bonchev–Trinajstić information content (AvgIpc) is 2.58. The number of halogens is 1. The van der Waals surface area contributed by atoms with Gasteiger partial charge in [0.25, 0.3) is 0 Å². The van der Waals surface area contributed by atoms with Crippen molar-refractivity contribution in [3.63, 3.8) is 0 Å². The second-order valence-electron chi connectivity index (χ2n) is 4.84. The first kappa shape index (κ1) is 12.5. The summed E-state index contributed by atoms with van der Waals surface area (Å²) >= 11 is 6.27. The molecule has 0 aliphatic rings. The topological polar surface area (TPSA) is 25.2 Å². The van der Waals surface area contributed by atoms with Crippen LogP contribution in [0.1, 0.15) is 32.4 Å². The summed E-state index contributed by atoms with van der Waals surface area (Å²) in [6, 6.07) is 6.30. The average molecular weight is 252 g/mol. The minimum absolute atomic E-state index is 0.333. The van der Waals surface area contributed by atoms with Gasteiger partial charge in [-0.15, -0.1) is 0 Å². The predicted octanol–water partition coefficient (Wildman–Crippen LogP) is 3.80. The quantitative estimate of drug-likeness (QED) is 0.882. The summed E-state index contributed by atoms with van der Waals surface area (Å²) in [6.07, 6.45) is 2.44. The van der Waals surface area contributed by atoms with Gasteiger partial charge in [-0.3, -0.25) is 0 Å². The van der Waals surface area contributed by atoms with Crippen LogP contribution < -0.4 is 0 Å². The summed E-state index contributed by atoms with van der Waals surface area (Å²) in [4.78, 5) is 0. The highest BCUT2D eigenvalue weighted by Crippen LogP contribution is 2.31. The lowest BCUT2D eigenvalue weighted by Crippen LogP contribution is -2.03. The van der Waals surface area contributed by atoms with Gasteiger partial charge in [0, 0.05) is 24.0 Å². The van der Waals surface area contributed by atoms with E-state index in [1.54, 1.807) is 0 Å². The molecule has 0 saturated heterocycles. The van der Waals surface area contributed by atoms with Gasteiger partial charge in [0.15, 0.2) is 0 Å². The highest BCUT2D eigenvalue weighted by Gasteiger charge is 2.14. The van der Waals surface area contributed by atoms with Gasteiger partial charge in [-0.2, -0.15) is 0 Å². The highest BCUT2D eigenvalue weighted by atomic mass is 35.5. The molecular weight excluding hydrogens is 234 g/mol. The largest absolute Gasteiger partial charge is 0.393 e. The molecule has 0 saturated carbocycles. The standard InChI is InChI=1S/C14H18ClNO/c1-9(2)16-8-11(7-10(3)17)12-5-4-6-13(15)14(12)16/h4-6,8-10,17H,7H2,1-3H3. The lowest BCUT2D eigenvalue weighted by Gasteiger charge is -2.09. The lowest BCUT2D eigenvalue weighted by molar-refractivity contribution is 0.196. The monoisotopic (exact) mass is 251 g/mol. The fraction of sp³-hybridized carbons (Fsp3) is 0.429. The number of para-hydroxylation sites is 1. The maximum atomic E-state index is 9.54. The number of hydrogen-bond donors (Lipinski definition) is 1. The van der Waals surface area contributed by atoms with Crippen LogP contribution in [0.25, 0.3) is 10.9 Å². The molecule has 2 rings (SSSR count). The normalized spacial score (nSPS) is 13.5. The third-order valence-corrected chi connectivity index (χ3v) is 3.26. The summed E-state index contributed by atoms with van der Waals surface area (Å²) < 4.78 is 2.18. The molecule has 1 atom stereocenters. The maximum absolute atomic E-state index is 9.54. The Morgan fingerprint density at radius 3 is 2.59 bits per heavy atom. The third-order valence-electron chi connectivity index (χ3n) is 2.96. The number of aromatic nitrogens is 1. The molecule has 1 aromatic heterocycles. The smallest absolute Gasteiger partial charge is 0.0674 e. The molecule has 0 radical (unpaired) electrons. The zero-order valence-corrected chi connectivity index (χ0v) is 11.2. The molecule has 0 aliphatic carbocycles. The molecule has 0 spiro atoms. The molecule has 92 valence electrons. The van der Waals surface area contributed by atoms with Crippen molar-refractivity contribution in [2.75, 3.05) is 0 Å². The van der Waals surface area contributed by atoms with Crippen molar-refractivity contribution in [2.45, 2.75) is 39.3 Å². The number of aliphatic hydroxyl groups is 1. The van der Waals surface area contributed by atoms with Crippen molar-refractivity contribution in [2.24, 2.45) is 0 Å². The molecule has 0 bridgehead atoms. The molecule has 1 aromatic carbocycles. The van der Waals surface area contributed by atoms with Crippen LogP contribution in [-0.4, -0.2) is 15.8 Å². The summed E-state index contributed by atoms with van der Waals surface area (Å²) in [5.41, 5.74) is 2.23. The molecule has 1 unspecified atom stereocenters. The molecule has 0 amide bonds. The second kappa shape index (κ2) is 4.71. The van der Waals surface area contributed by atoms with Crippen LogP contribution in [-0.2, 0) is 6.42 Å². The Balaban J connectivity index is 2.66. The van der Waals surface area contributed by atoms with E-state index in [0.717, 1.165) is 21.5 Å². The van der Waals surface area contributed by atoms with Crippen LogP contribution in [0.15, 0.2) is 24.4 Å². The first-order chi connectivity index (χ1) is 8.00. The maximum Gasteiger partial charge on any atom is 0.0674 e. The molecule has 17 heavy (non-hydrogen) atoms. The van der Waals surface area contributed by atoms with Gasteiger partial charge in [0.05, 0.1) is 16.6 Å². The van der Waals surface area contributed by atoms with Crippen molar-refractivity contribution in [3.8, 4) is 0 Å². The number of rotatable bonds is 3. The van der Waals surface area contributed by atoms with Gasteiger partial charge in [0.1, 0.15) is 0 Å². The first-order valence-electron chi connectivity index (χ1n) is 5.96. The van der Waals surface area contributed by atoms with Crippen LogP contribution in [0, 0.1) is 0 Å². The molecule has 0 fully saturated rings. The lowest BCUT2D eigenvalue weighted by atomic mass is 10.1. The van der Waals surface area contributed by atoms with Crippen LogP contribution in [0.2, 0.25) is 5.02 Å². The van der Waals surface area contributed by atoms with Crippen LogP contribution in [0.4, 0.5) is 0 Å². The molecule has 3 heteroatoms. The zero-order valence-electron chi connectivity index (χ0n) is 10.4. The number of benzene rings is 1. The van der Waals surface area contributed by atoms with E-state index >= 15 is 0 Å². The van der Waals surface area contributed by atoms with Gasteiger partial charge in [-0.1, -0.05) is 23.7 Å². The van der Waals surface area contributed by atoms with Crippen molar-refractivity contribution in [1.29, 1.82) is 0 Å². The van der Waals surface area contributed by atoms with Crippen molar-refractivity contribution >= 4 is 22.5 Å². The minimum Gasteiger partial charge on any atom is -0.393 e. The molecule has 2 aromatic rings. The fourth-order valence-electron chi connectivity index (χ4n) is 2.23. The van der Waals surface area contributed by atoms with Crippen molar-refractivity contribution in [1.82, 2.24) is 4.57 Å². The molecule has 0 aliphatic heterocycles. The van der Waals surface area contributed by atoms with Gasteiger partial charge in [-0.25, -0.2) is 0 Å². The summed E-state index contributed by atoms with van der Waals surface area (Å²) in [7, 11) is 0. The van der Waals surface area contributed by atoms with Gasteiger partial charge >= 0.3 is 0 Å². The Morgan fingerprint density at radius 2 is 2.00 bits per heavy atom. The molecular formula is C14H18ClNO. The van der Waals surface area contributed by atoms with E-state index in [4.69, 9.17) is 11.6 Å². The summed E-state index contributed by atoms with van der Waals surface area (Å²) in [6.45, 7) is 6.08. The number of aliphatic hydroxyl groups excluding tert-OH is 1. The SMILES string of the molecule is CC(O)Cc1cn(C(C)C)c2c(Cl)cccc12. The first-order valence-corrected chi connectivity index (χ1v) is 6.34. The van der Waals surface area contributed by atoms with Crippen molar-refractivity contribution < 1.29 is 5.11 Å². The van der Waals surface area contributed by atoms with Gasteiger partial charge in [-0.05, 0) is 32.4 Å². The van der Waals surface area contributed by atoms with E-state index in [9.17, 15) is 5.11 Å². The van der Waals surface area contributed by atoms with E-state index in [1.165, 1.54) is 0 Å². The molecule has 1 N–H and O–H groups in total. The van der Waals surface area contributed by atoms with Crippen LogP contribution >= 0.6 is 11.6 Å². The van der Waals surface area contributed by atoms with Crippen LogP contribution in [0.3, 0.4) is 0 Å². The minimum atomic E-state index is -0.333. The highest BCUT2D eigenvalue weighted by molar-refractivity contribution is 6.35. The second-order valence-corrected chi connectivity index (χ2v) is 5.25. The van der Waals surface area contributed by atoms with Gasteiger partial charge < -0.3 is 9.67 Å². The Labute approximate surface area is 107 Å². The number of hydrogen-bond acceptors (Lipinski definition) is 1. The van der Waals surface area contributed by atoms with Crippen LogP contribution in [0.5, 0.6) is 0 Å². The third kappa shape index (κ3) is 2.33. The van der Waals surface area contributed by atoms with E-state index < -0.39 is 0 Å². The van der Waals surface area contributed by atoms with E-state index in [0.29, 0.717) is 12.5 Å². The fourth-order valence-corrected chi connectivity index (χ4v) is 2.50. The Bertz CT molecular complexity index is 528.